The zero-order valence-electron chi connectivity index (χ0n) is 16.9. The molecule has 1 heterocycles. The Bertz CT molecular complexity index is 1130. The van der Waals surface area contributed by atoms with E-state index in [2.05, 4.69) is 41.7 Å². The van der Waals surface area contributed by atoms with Crippen molar-refractivity contribution in [2.45, 2.75) is 42.7 Å². The Kier molecular flexibility index (Phi) is 5.09. The van der Waals surface area contributed by atoms with Crippen LogP contribution in [0.15, 0.2) is 83.8 Å². The van der Waals surface area contributed by atoms with Gasteiger partial charge in [0.1, 0.15) is 0 Å². The fourth-order valence-corrected chi connectivity index (χ4v) is 5.98. The molecule has 3 aromatic carbocycles. The summed E-state index contributed by atoms with van der Waals surface area (Å²) in [6.07, 6.45) is 2.92. The smallest absolute Gasteiger partial charge is 0.264 e. The fraction of sp³-hybridized carbons (Fsp3) is 0.280. The van der Waals surface area contributed by atoms with E-state index in [1.807, 2.05) is 18.2 Å². The number of sulfonamides is 1. The summed E-state index contributed by atoms with van der Waals surface area (Å²) in [7, 11) is -3.52. The maximum atomic E-state index is 13.2. The van der Waals surface area contributed by atoms with E-state index in [4.69, 9.17) is 0 Å². The molecule has 0 amide bonds. The lowest BCUT2D eigenvalue weighted by Gasteiger charge is -2.31. The highest BCUT2D eigenvalue weighted by atomic mass is 32.2. The molecule has 1 aliphatic heterocycles. The molecule has 0 aromatic heterocycles. The SMILES string of the molecule is O=S(=O)(c1ccccc1)N1CCCc2cc(C3CC3NCc3ccccc3)ccc21. The molecule has 2 aliphatic rings. The van der Waals surface area contributed by atoms with Crippen LogP contribution in [0, 0.1) is 0 Å². The van der Waals surface area contributed by atoms with Gasteiger partial charge in [-0.05, 0) is 54.2 Å². The van der Waals surface area contributed by atoms with Crippen LogP contribution in [0.25, 0.3) is 0 Å². The zero-order valence-corrected chi connectivity index (χ0v) is 17.7. The van der Waals surface area contributed by atoms with Crippen LogP contribution in [0.1, 0.15) is 35.4 Å². The second-order valence-electron chi connectivity index (χ2n) is 8.20. The van der Waals surface area contributed by atoms with Gasteiger partial charge in [-0.2, -0.15) is 0 Å². The van der Waals surface area contributed by atoms with Crippen molar-refractivity contribution in [1.29, 1.82) is 0 Å². The average molecular weight is 419 g/mol. The van der Waals surface area contributed by atoms with E-state index < -0.39 is 10.0 Å². The van der Waals surface area contributed by atoms with Crippen LogP contribution >= 0.6 is 0 Å². The number of nitrogens with one attached hydrogen (secondary N) is 1. The number of fused-ring (bicyclic) bond motifs is 1. The Labute approximate surface area is 178 Å². The highest BCUT2D eigenvalue weighted by molar-refractivity contribution is 7.92. The molecule has 5 heteroatoms. The van der Waals surface area contributed by atoms with Crippen molar-refractivity contribution < 1.29 is 8.42 Å². The van der Waals surface area contributed by atoms with E-state index in [-0.39, 0.29) is 0 Å². The maximum Gasteiger partial charge on any atom is 0.264 e. The molecular weight excluding hydrogens is 392 g/mol. The summed E-state index contributed by atoms with van der Waals surface area (Å²) in [5.74, 6) is 0.514. The van der Waals surface area contributed by atoms with Gasteiger partial charge < -0.3 is 5.32 Å². The molecule has 0 radical (unpaired) electrons. The zero-order chi connectivity index (χ0) is 20.6. The molecule has 0 spiro atoms. The first-order chi connectivity index (χ1) is 14.6. The van der Waals surface area contributed by atoms with Gasteiger partial charge in [0.25, 0.3) is 10.0 Å². The van der Waals surface area contributed by atoms with Crippen LogP contribution in [0.5, 0.6) is 0 Å². The summed E-state index contributed by atoms with van der Waals surface area (Å²) >= 11 is 0. The summed E-state index contributed by atoms with van der Waals surface area (Å²) in [5.41, 5.74) is 4.60. The van der Waals surface area contributed by atoms with Crippen LogP contribution in [0.2, 0.25) is 0 Å². The van der Waals surface area contributed by atoms with Crippen LogP contribution in [0.4, 0.5) is 5.69 Å². The second-order valence-corrected chi connectivity index (χ2v) is 10.1. The van der Waals surface area contributed by atoms with Crippen molar-refractivity contribution in [3.8, 4) is 0 Å². The van der Waals surface area contributed by atoms with Crippen molar-refractivity contribution in [1.82, 2.24) is 5.32 Å². The number of aryl methyl sites for hydroxylation is 1. The van der Waals surface area contributed by atoms with E-state index in [0.717, 1.165) is 37.1 Å². The Morgan fingerprint density at radius 3 is 2.43 bits per heavy atom. The Balaban J connectivity index is 1.32. The summed E-state index contributed by atoms with van der Waals surface area (Å²) in [4.78, 5) is 0.356. The van der Waals surface area contributed by atoms with Crippen molar-refractivity contribution >= 4 is 15.7 Å². The number of hydrogen-bond acceptors (Lipinski definition) is 3. The van der Waals surface area contributed by atoms with E-state index in [1.54, 1.807) is 28.6 Å². The third-order valence-electron chi connectivity index (χ3n) is 6.14. The summed E-state index contributed by atoms with van der Waals surface area (Å²) in [6, 6.07) is 26.1. The lowest BCUT2D eigenvalue weighted by molar-refractivity contribution is 0.586. The van der Waals surface area contributed by atoms with E-state index in [0.29, 0.717) is 23.4 Å². The van der Waals surface area contributed by atoms with Gasteiger partial charge >= 0.3 is 0 Å². The molecule has 154 valence electrons. The van der Waals surface area contributed by atoms with E-state index >= 15 is 0 Å². The van der Waals surface area contributed by atoms with Gasteiger partial charge in [0.15, 0.2) is 0 Å². The number of anilines is 1. The summed E-state index contributed by atoms with van der Waals surface area (Å²) < 4.78 is 27.9. The second kappa shape index (κ2) is 7.89. The lowest BCUT2D eigenvalue weighted by atomic mass is 9.99. The minimum atomic E-state index is -3.52. The average Bonchev–Trinajstić information content (AvgIpc) is 3.58. The molecule has 5 rings (SSSR count). The highest BCUT2D eigenvalue weighted by Gasteiger charge is 2.38. The van der Waals surface area contributed by atoms with Crippen molar-refractivity contribution in [2.24, 2.45) is 0 Å². The van der Waals surface area contributed by atoms with Gasteiger partial charge in [0.2, 0.25) is 0 Å². The molecule has 1 fully saturated rings. The van der Waals surface area contributed by atoms with Gasteiger partial charge in [-0.3, -0.25) is 4.31 Å². The van der Waals surface area contributed by atoms with Crippen molar-refractivity contribution in [3.63, 3.8) is 0 Å². The third-order valence-corrected chi connectivity index (χ3v) is 7.97. The number of hydrogen-bond donors (Lipinski definition) is 1. The Morgan fingerprint density at radius 2 is 1.67 bits per heavy atom. The molecule has 30 heavy (non-hydrogen) atoms. The molecule has 2 unspecified atom stereocenters. The Morgan fingerprint density at radius 1 is 0.933 bits per heavy atom. The van der Waals surface area contributed by atoms with Crippen LogP contribution in [-0.2, 0) is 23.0 Å². The van der Waals surface area contributed by atoms with Gasteiger partial charge in [-0.25, -0.2) is 8.42 Å². The topological polar surface area (TPSA) is 49.4 Å². The largest absolute Gasteiger partial charge is 0.309 e. The molecular formula is C25H26N2O2S. The Hall–Kier alpha value is -2.63. The van der Waals surface area contributed by atoms with E-state index in [9.17, 15) is 8.42 Å². The van der Waals surface area contributed by atoms with Crippen molar-refractivity contribution in [2.75, 3.05) is 10.8 Å². The summed E-state index contributed by atoms with van der Waals surface area (Å²) in [6.45, 7) is 1.42. The molecule has 2 atom stereocenters. The molecule has 4 nitrogen and oxygen atoms in total. The monoisotopic (exact) mass is 418 g/mol. The number of benzene rings is 3. The predicted molar refractivity (Wildman–Crippen MR) is 120 cm³/mol. The van der Waals surface area contributed by atoms with Crippen molar-refractivity contribution in [3.05, 3.63) is 95.6 Å². The summed E-state index contributed by atoms with van der Waals surface area (Å²) in [5, 5.41) is 3.65. The van der Waals surface area contributed by atoms with Crippen LogP contribution in [-0.4, -0.2) is 21.0 Å². The van der Waals surface area contributed by atoms with Crippen LogP contribution in [0.3, 0.4) is 0 Å². The quantitative estimate of drug-likeness (QED) is 0.642. The molecule has 3 aromatic rings. The predicted octanol–water partition coefficient (Wildman–Crippen LogP) is 4.47. The fourth-order valence-electron chi connectivity index (χ4n) is 4.42. The van der Waals surface area contributed by atoms with Crippen LogP contribution < -0.4 is 9.62 Å². The van der Waals surface area contributed by atoms with Gasteiger partial charge in [-0.1, -0.05) is 60.7 Å². The number of nitrogens with zero attached hydrogens (tertiary/aromatic N) is 1. The first-order valence-electron chi connectivity index (χ1n) is 10.6. The lowest BCUT2D eigenvalue weighted by Crippen LogP contribution is -2.35. The highest BCUT2D eigenvalue weighted by Crippen LogP contribution is 2.43. The molecule has 1 saturated carbocycles. The normalized spacial score (nSPS) is 20.6. The minimum Gasteiger partial charge on any atom is -0.309 e. The molecule has 0 bridgehead atoms. The molecule has 1 aliphatic carbocycles. The number of rotatable bonds is 6. The first-order valence-corrected chi connectivity index (χ1v) is 12.0. The first kappa shape index (κ1) is 19.3. The van der Waals surface area contributed by atoms with Gasteiger partial charge in [0, 0.05) is 25.0 Å². The standard InChI is InChI=1S/C25H26N2O2S/c28-30(29,22-11-5-2-6-12-22)27-15-7-10-21-16-20(13-14-25(21)27)23-17-24(23)26-18-19-8-3-1-4-9-19/h1-6,8-9,11-14,16,23-24,26H,7,10,15,17-18H2. The van der Waals surface area contributed by atoms with Gasteiger partial charge in [0.05, 0.1) is 10.6 Å². The maximum absolute atomic E-state index is 13.2. The molecule has 1 N–H and O–H groups in total. The van der Waals surface area contributed by atoms with E-state index in [1.165, 1.54) is 11.1 Å². The minimum absolute atomic E-state index is 0.356. The third kappa shape index (κ3) is 3.75. The van der Waals surface area contributed by atoms with Gasteiger partial charge in [-0.15, -0.1) is 0 Å². The molecule has 0 saturated heterocycles.